The van der Waals surface area contributed by atoms with Crippen molar-refractivity contribution in [3.63, 3.8) is 0 Å². The molecule has 6 nitrogen and oxygen atoms in total. The van der Waals surface area contributed by atoms with Gasteiger partial charge in [-0.3, -0.25) is 4.79 Å². The highest BCUT2D eigenvalue weighted by molar-refractivity contribution is 5.81. The quantitative estimate of drug-likeness (QED) is 0.373. The Morgan fingerprint density at radius 1 is 1.53 bits per heavy atom. The van der Waals surface area contributed by atoms with E-state index in [0.29, 0.717) is 0 Å². The van der Waals surface area contributed by atoms with Gasteiger partial charge in [0, 0.05) is 13.0 Å². The fourth-order valence-corrected chi connectivity index (χ4v) is 0.892. The van der Waals surface area contributed by atoms with E-state index in [0.717, 1.165) is 13.0 Å². The summed E-state index contributed by atoms with van der Waals surface area (Å²) in [5, 5.41) is 18.6. The predicted molar refractivity (Wildman–Crippen MR) is 49.3 cm³/mol. The van der Waals surface area contributed by atoms with E-state index >= 15 is 0 Å². The maximum Gasteiger partial charge on any atom is 0.363 e. The van der Waals surface area contributed by atoms with E-state index in [9.17, 15) is 19.8 Å². The Hall–Kier alpha value is -1.40. The Morgan fingerprint density at radius 2 is 2.07 bits per heavy atom. The summed E-state index contributed by atoms with van der Waals surface area (Å²) in [6.45, 7) is 5.68. The molecule has 2 N–H and O–H groups in total. The first-order valence-corrected chi connectivity index (χ1v) is 4.30. The lowest BCUT2D eigenvalue weighted by Gasteiger charge is -2.28. The van der Waals surface area contributed by atoms with Gasteiger partial charge in [-0.25, -0.2) is 4.79 Å². The zero-order valence-electron chi connectivity index (χ0n) is 8.60. The van der Waals surface area contributed by atoms with Crippen LogP contribution in [0.15, 0.2) is 12.7 Å². The molecule has 0 saturated carbocycles. The van der Waals surface area contributed by atoms with E-state index in [1.54, 1.807) is 0 Å². The first kappa shape index (κ1) is 13.6. The zero-order valence-corrected chi connectivity index (χ0v) is 8.60. The minimum Gasteiger partial charge on any atom is -0.449 e. The van der Waals surface area contributed by atoms with Gasteiger partial charge < -0.3 is 19.7 Å². The van der Waals surface area contributed by atoms with Crippen LogP contribution in [0.4, 0.5) is 0 Å². The molecule has 0 aliphatic rings. The number of ether oxygens (including phenoxy) is 2. The standard InChI is InChI=1S/C9H14O6/c1-4-7(14-8(11)5-2)9(12,13)15-6(3)10/h5,7,12-13H,2,4H2,1,3H3. The summed E-state index contributed by atoms with van der Waals surface area (Å²) in [5.41, 5.74) is 0. The van der Waals surface area contributed by atoms with Crippen LogP contribution in [0, 0.1) is 0 Å². The molecule has 0 spiro atoms. The average Bonchev–Trinajstić information content (AvgIpc) is 2.11. The molecule has 1 unspecified atom stereocenters. The molecule has 0 bridgehead atoms. The highest BCUT2D eigenvalue weighted by Crippen LogP contribution is 2.16. The molecule has 0 aliphatic heterocycles. The molecule has 0 amide bonds. The number of hydrogen-bond acceptors (Lipinski definition) is 6. The monoisotopic (exact) mass is 218 g/mol. The van der Waals surface area contributed by atoms with Gasteiger partial charge >= 0.3 is 17.9 Å². The minimum atomic E-state index is -2.82. The van der Waals surface area contributed by atoms with E-state index in [2.05, 4.69) is 16.1 Å². The molecule has 0 radical (unpaired) electrons. The smallest absolute Gasteiger partial charge is 0.363 e. The Bertz CT molecular complexity index is 257. The Balaban J connectivity index is 4.56. The zero-order chi connectivity index (χ0) is 12.1. The molecule has 0 aromatic rings. The molecule has 6 heteroatoms. The van der Waals surface area contributed by atoms with E-state index in [-0.39, 0.29) is 6.42 Å². The Morgan fingerprint density at radius 3 is 2.40 bits per heavy atom. The van der Waals surface area contributed by atoms with Crippen LogP contribution in [0.1, 0.15) is 20.3 Å². The fourth-order valence-electron chi connectivity index (χ4n) is 0.892. The third kappa shape index (κ3) is 4.57. The number of carbonyl (C=O) groups excluding carboxylic acids is 2. The van der Waals surface area contributed by atoms with Crippen LogP contribution < -0.4 is 0 Å². The van der Waals surface area contributed by atoms with Crippen molar-refractivity contribution in [1.82, 2.24) is 0 Å². The number of rotatable bonds is 5. The van der Waals surface area contributed by atoms with Crippen LogP contribution in [0.25, 0.3) is 0 Å². The molecule has 0 saturated heterocycles. The molecule has 0 aromatic carbocycles. The number of carbonyl (C=O) groups is 2. The topological polar surface area (TPSA) is 93.1 Å². The second-order valence-electron chi connectivity index (χ2n) is 2.79. The summed E-state index contributed by atoms with van der Waals surface area (Å²) in [7, 11) is 0. The van der Waals surface area contributed by atoms with Gasteiger partial charge in [-0.15, -0.1) is 0 Å². The summed E-state index contributed by atoms with van der Waals surface area (Å²) in [5.74, 6) is -4.55. The summed E-state index contributed by atoms with van der Waals surface area (Å²) in [4.78, 5) is 21.3. The van der Waals surface area contributed by atoms with Gasteiger partial charge in [0.2, 0.25) is 0 Å². The van der Waals surface area contributed by atoms with Crippen LogP contribution in [0.2, 0.25) is 0 Å². The van der Waals surface area contributed by atoms with Gasteiger partial charge in [0.25, 0.3) is 0 Å². The molecular formula is C9H14O6. The van der Waals surface area contributed by atoms with Gasteiger partial charge in [0.1, 0.15) is 0 Å². The molecule has 0 heterocycles. The lowest BCUT2D eigenvalue weighted by Crippen LogP contribution is -2.47. The second kappa shape index (κ2) is 5.47. The van der Waals surface area contributed by atoms with Crippen LogP contribution in [0.3, 0.4) is 0 Å². The third-order valence-electron chi connectivity index (χ3n) is 1.51. The van der Waals surface area contributed by atoms with E-state index < -0.39 is 24.0 Å². The maximum atomic E-state index is 10.8. The van der Waals surface area contributed by atoms with Gasteiger partial charge in [-0.2, -0.15) is 0 Å². The summed E-state index contributed by atoms with van der Waals surface area (Å²) in [6, 6.07) is 0. The van der Waals surface area contributed by atoms with Crippen molar-refractivity contribution in [1.29, 1.82) is 0 Å². The summed E-state index contributed by atoms with van der Waals surface area (Å²) in [6.07, 6.45) is -0.418. The van der Waals surface area contributed by atoms with Crippen molar-refractivity contribution in [2.45, 2.75) is 32.3 Å². The highest BCUT2D eigenvalue weighted by atomic mass is 16.8. The van der Waals surface area contributed by atoms with Gasteiger partial charge in [-0.1, -0.05) is 13.5 Å². The van der Waals surface area contributed by atoms with E-state index in [1.807, 2.05) is 0 Å². The van der Waals surface area contributed by atoms with Crippen LogP contribution in [-0.2, 0) is 19.1 Å². The van der Waals surface area contributed by atoms with Crippen molar-refractivity contribution in [2.75, 3.05) is 0 Å². The van der Waals surface area contributed by atoms with Crippen molar-refractivity contribution < 1.29 is 29.3 Å². The predicted octanol–water partition coefficient (Wildman–Crippen LogP) is -0.304. The van der Waals surface area contributed by atoms with Crippen molar-refractivity contribution in [3.8, 4) is 0 Å². The summed E-state index contributed by atoms with van der Waals surface area (Å²) < 4.78 is 8.78. The molecule has 86 valence electrons. The van der Waals surface area contributed by atoms with Gasteiger partial charge in [0.15, 0.2) is 6.10 Å². The molecule has 1 atom stereocenters. The van der Waals surface area contributed by atoms with E-state index in [4.69, 9.17) is 0 Å². The summed E-state index contributed by atoms with van der Waals surface area (Å²) >= 11 is 0. The first-order valence-electron chi connectivity index (χ1n) is 4.30. The molecule has 0 aliphatic carbocycles. The molecule has 0 fully saturated rings. The molecule has 0 aromatic heterocycles. The third-order valence-corrected chi connectivity index (χ3v) is 1.51. The average molecular weight is 218 g/mol. The van der Waals surface area contributed by atoms with E-state index in [1.165, 1.54) is 6.92 Å². The van der Waals surface area contributed by atoms with Crippen LogP contribution >= 0.6 is 0 Å². The minimum absolute atomic E-state index is 0.0693. The SMILES string of the molecule is C=CC(=O)OC(CC)C(O)(O)OC(C)=O. The van der Waals surface area contributed by atoms with Crippen LogP contribution in [-0.4, -0.2) is 34.2 Å². The lowest BCUT2D eigenvalue weighted by molar-refractivity contribution is -0.358. The number of hydrogen-bond donors (Lipinski definition) is 2. The lowest BCUT2D eigenvalue weighted by atomic mass is 10.2. The number of aliphatic hydroxyl groups is 2. The fraction of sp³-hybridized carbons (Fsp3) is 0.556. The van der Waals surface area contributed by atoms with Crippen LogP contribution in [0.5, 0.6) is 0 Å². The molecule has 15 heavy (non-hydrogen) atoms. The normalized spacial score (nSPS) is 12.8. The number of esters is 2. The van der Waals surface area contributed by atoms with Crippen molar-refractivity contribution >= 4 is 11.9 Å². The largest absolute Gasteiger partial charge is 0.449 e. The first-order chi connectivity index (χ1) is 6.83. The van der Waals surface area contributed by atoms with Crippen molar-refractivity contribution in [3.05, 3.63) is 12.7 Å². The maximum absolute atomic E-state index is 10.8. The molecule has 0 rings (SSSR count). The molecular weight excluding hydrogens is 204 g/mol. The van der Waals surface area contributed by atoms with Crippen molar-refractivity contribution in [2.24, 2.45) is 0 Å². The highest BCUT2D eigenvalue weighted by Gasteiger charge is 2.40. The Kier molecular flexibility index (Phi) is 4.96. The Labute approximate surface area is 87.1 Å². The second-order valence-corrected chi connectivity index (χ2v) is 2.79. The van der Waals surface area contributed by atoms with Gasteiger partial charge in [0.05, 0.1) is 0 Å². The van der Waals surface area contributed by atoms with Gasteiger partial charge in [-0.05, 0) is 6.42 Å².